The van der Waals surface area contributed by atoms with Crippen LogP contribution in [0.4, 0.5) is 0 Å². The lowest BCUT2D eigenvalue weighted by atomic mass is 10.3. The van der Waals surface area contributed by atoms with E-state index in [9.17, 15) is 0 Å². The Bertz CT molecular complexity index is 241. The van der Waals surface area contributed by atoms with E-state index in [1.165, 1.54) is 17.7 Å². The molecule has 1 aromatic rings. The Morgan fingerprint density at radius 1 is 1.67 bits per heavy atom. The summed E-state index contributed by atoms with van der Waals surface area (Å²) in [4.78, 5) is 5.28. The second-order valence-electron chi connectivity index (χ2n) is 3.43. The number of rotatable bonds is 4. The van der Waals surface area contributed by atoms with Gasteiger partial charge in [0.25, 0.3) is 0 Å². The molecule has 0 amide bonds. The second kappa shape index (κ2) is 3.12. The standard InChI is InChI=1S/C8H13N3S/c9-8(1-2-8)5-10-3-7-4-11-6-12-7/h4,6,10H,1-3,5,9H2. The number of nitrogens with one attached hydrogen (secondary N) is 1. The average Bonchev–Trinajstić information content (AvgIpc) is 2.61. The van der Waals surface area contributed by atoms with Gasteiger partial charge in [0, 0.05) is 29.7 Å². The minimum atomic E-state index is 0.116. The lowest BCUT2D eigenvalue weighted by Gasteiger charge is -2.08. The molecule has 66 valence electrons. The molecular formula is C8H13N3S. The molecule has 1 saturated carbocycles. The Morgan fingerprint density at radius 3 is 3.08 bits per heavy atom. The molecule has 1 fully saturated rings. The first kappa shape index (κ1) is 8.16. The molecule has 3 N–H and O–H groups in total. The van der Waals surface area contributed by atoms with Crippen molar-refractivity contribution in [2.45, 2.75) is 24.9 Å². The molecule has 12 heavy (non-hydrogen) atoms. The number of hydrogen-bond acceptors (Lipinski definition) is 4. The van der Waals surface area contributed by atoms with Gasteiger partial charge < -0.3 is 11.1 Å². The van der Waals surface area contributed by atoms with Crippen LogP contribution in [0.5, 0.6) is 0 Å². The third-order valence-electron chi connectivity index (χ3n) is 2.15. The van der Waals surface area contributed by atoms with Crippen molar-refractivity contribution < 1.29 is 0 Å². The van der Waals surface area contributed by atoms with E-state index in [0.717, 1.165) is 13.1 Å². The van der Waals surface area contributed by atoms with E-state index >= 15 is 0 Å². The van der Waals surface area contributed by atoms with Crippen molar-refractivity contribution in [1.29, 1.82) is 0 Å². The summed E-state index contributed by atoms with van der Waals surface area (Å²) in [5, 5.41) is 3.34. The van der Waals surface area contributed by atoms with Gasteiger partial charge in [0.1, 0.15) is 0 Å². The van der Waals surface area contributed by atoms with Gasteiger partial charge in [0.2, 0.25) is 0 Å². The van der Waals surface area contributed by atoms with Crippen molar-refractivity contribution in [3.05, 3.63) is 16.6 Å². The molecule has 1 aromatic heterocycles. The summed E-state index contributed by atoms with van der Waals surface area (Å²) in [6.07, 6.45) is 4.24. The third-order valence-corrected chi connectivity index (χ3v) is 2.93. The summed E-state index contributed by atoms with van der Waals surface area (Å²) in [6, 6.07) is 0. The fourth-order valence-electron chi connectivity index (χ4n) is 1.10. The van der Waals surface area contributed by atoms with Gasteiger partial charge in [-0.3, -0.25) is 4.98 Å². The first-order valence-corrected chi connectivity index (χ1v) is 5.03. The van der Waals surface area contributed by atoms with E-state index in [2.05, 4.69) is 10.3 Å². The topological polar surface area (TPSA) is 50.9 Å². The zero-order valence-corrected chi connectivity index (χ0v) is 7.73. The summed E-state index contributed by atoms with van der Waals surface area (Å²) in [6.45, 7) is 1.84. The van der Waals surface area contributed by atoms with Crippen molar-refractivity contribution in [2.24, 2.45) is 5.73 Å². The quantitative estimate of drug-likeness (QED) is 0.723. The maximum absolute atomic E-state index is 5.91. The van der Waals surface area contributed by atoms with E-state index < -0.39 is 0 Å². The van der Waals surface area contributed by atoms with E-state index in [-0.39, 0.29) is 5.54 Å². The van der Waals surface area contributed by atoms with E-state index in [1.54, 1.807) is 11.3 Å². The van der Waals surface area contributed by atoms with Crippen LogP contribution in [0, 0.1) is 0 Å². The molecule has 0 aliphatic heterocycles. The molecule has 0 unspecified atom stereocenters. The molecule has 0 bridgehead atoms. The van der Waals surface area contributed by atoms with Crippen LogP contribution in [0.3, 0.4) is 0 Å². The summed E-state index contributed by atoms with van der Waals surface area (Å²) in [5.74, 6) is 0. The lowest BCUT2D eigenvalue weighted by molar-refractivity contribution is 0.571. The SMILES string of the molecule is NC1(CNCc2cncs2)CC1. The molecule has 1 heterocycles. The van der Waals surface area contributed by atoms with Crippen molar-refractivity contribution >= 4 is 11.3 Å². The highest BCUT2D eigenvalue weighted by Crippen LogP contribution is 2.31. The highest BCUT2D eigenvalue weighted by Gasteiger charge is 2.37. The predicted molar refractivity (Wildman–Crippen MR) is 50.0 cm³/mol. The first-order chi connectivity index (χ1) is 5.79. The Balaban J connectivity index is 1.69. The molecule has 2 rings (SSSR count). The van der Waals surface area contributed by atoms with Gasteiger partial charge in [-0.05, 0) is 12.8 Å². The lowest BCUT2D eigenvalue weighted by Crippen LogP contribution is -2.35. The summed E-state index contributed by atoms with van der Waals surface area (Å²) >= 11 is 1.68. The van der Waals surface area contributed by atoms with Crippen molar-refractivity contribution in [3.63, 3.8) is 0 Å². The fraction of sp³-hybridized carbons (Fsp3) is 0.625. The number of thiazole rings is 1. The van der Waals surface area contributed by atoms with Crippen molar-refractivity contribution in [2.75, 3.05) is 6.54 Å². The molecule has 0 atom stereocenters. The van der Waals surface area contributed by atoms with Crippen LogP contribution in [0.2, 0.25) is 0 Å². The summed E-state index contributed by atoms with van der Waals surface area (Å²) in [7, 11) is 0. The van der Waals surface area contributed by atoms with E-state index in [1.807, 2.05) is 11.7 Å². The van der Waals surface area contributed by atoms with Gasteiger partial charge in [0.05, 0.1) is 5.51 Å². The highest BCUT2D eigenvalue weighted by atomic mass is 32.1. The van der Waals surface area contributed by atoms with Gasteiger partial charge in [-0.15, -0.1) is 11.3 Å². The van der Waals surface area contributed by atoms with Crippen molar-refractivity contribution in [1.82, 2.24) is 10.3 Å². The van der Waals surface area contributed by atoms with Gasteiger partial charge in [-0.25, -0.2) is 0 Å². The molecule has 0 saturated heterocycles. The molecule has 4 heteroatoms. The zero-order valence-electron chi connectivity index (χ0n) is 6.92. The molecule has 0 aromatic carbocycles. The van der Waals surface area contributed by atoms with Crippen LogP contribution in [-0.2, 0) is 6.54 Å². The first-order valence-electron chi connectivity index (χ1n) is 4.15. The maximum atomic E-state index is 5.91. The van der Waals surface area contributed by atoms with E-state index in [4.69, 9.17) is 5.73 Å². The fourth-order valence-corrected chi connectivity index (χ4v) is 1.67. The summed E-state index contributed by atoms with van der Waals surface area (Å²) in [5.41, 5.74) is 7.88. The predicted octanol–water partition coefficient (Wildman–Crippen LogP) is 0.724. The molecule has 1 aliphatic rings. The smallest absolute Gasteiger partial charge is 0.0794 e. The number of hydrogen-bond donors (Lipinski definition) is 2. The highest BCUT2D eigenvalue weighted by molar-refractivity contribution is 7.09. The van der Waals surface area contributed by atoms with Crippen molar-refractivity contribution in [3.8, 4) is 0 Å². The molecule has 1 aliphatic carbocycles. The number of aromatic nitrogens is 1. The Morgan fingerprint density at radius 2 is 2.50 bits per heavy atom. The Kier molecular flexibility index (Phi) is 2.12. The van der Waals surface area contributed by atoms with Crippen LogP contribution in [0.1, 0.15) is 17.7 Å². The maximum Gasteiger partial charge on any atom is 0.0794 e. The molecule has 0 radical (unpaired) electrons. The average molecular weight is 183 g/mol. The third kappa shape index (κ3) is 2.03. The van der Waals surface area contributed by atoms with Gasteiger partial charge >= 0.3 is 0 Å². The van der Waals surface area contributed by atoms with Crippen LogP contribution in [0.25, 0.3) is 0 Å². The molecule has 0 spiro atoms. The summed E-state index contributed by atoms with van der Waals surface area (Å²) < 4.78 is 0. The second-order valence-corrected chi connectivity index (χ2v) is 4.40. The zero-order chi connectivity index (χ0) is 8.44. The minimum Gasteiger partial charge on any atom is -0.324 e. The van der Waals surface area contributed by atoms with Crippen LogP contribution in [-0.4, -0.2) is 17.1 Å². The van der Waals surface area contributed by atoms with Gasteiger partial charge in [-0.2, -0.15) is 0 Å². The van der Waals surface area contributed by atoms with Crippen LogP contribution < -0.4 is 11.1 Å². The van der Waals surface area contributed by atoms with Gasteiger partial charge in [0.15, 0.2) is 0 Å². The van der Waals surface area contributed by atoms with Gasteiger partial charge in [-0.1, -0.05) is 0 Å². The Labute approximate surface area is 76.0 Å². The molecule has 3 nitrogen and oxygen atoms in total. The largest absolute Gasteiger partial charge is 0.324 e. The number of nitrogens with zero attached hydrogens (tertiary/aromatic N) is 1. The van der Waals surface area contributed by atoms with Crippen LogP contribution in [0.15, 0.2) is 11.7 Å². The van der Waals surface area contributed by atoms with Crippen LogP contribution >= 0.6 is 11.3 Å². The number of nitrogens with two attached hydrogens (primary N) is 1. The normalized spacial score (nSPS) is 19.4. The minimum absolute atomic E-state index is 0.116. The van der Waals surface area contributed by atoms with E-state index in [0.29, 0.717) is 0 Å². The Hall–Kier alpha value is -0.450. The molecular weight excluding hydrogens is 170 g/mol. The monoisotopic (exact) mass is 183 g/mol.